The fourth-order valence-electron chi connectivity index (χ4n) is 3.45. The van der Waals surface area contributed by atoms with Crippen LogP contribution in [0.1, 0.15) is 28.4 Å². The quantitative estimate of drug-likeness (QED) is 0.394. The van der Waals surface area contributed by atoms with E-state index < -0.39 is 16.0 Å². The van der Waals surface area contributed by atoms with Crippen molar-refractivity contribution < 1.29 is 17.9 Å². The topological polar surface area (TPSA) is 94.5 Å². The van der Waals surface area contributed by atoms with Gasteiger partial charge >= 0.3 is 10.8 Å². The Labute approximate surface area is 195 Å². The molecule has 3 aromatic carbocycles. The van der Waals surface area contributed by atoms with Gasteiger partial charge in [0.25, 0.3) is 10.0 Å². The summed E-state index contributed by atoms with van der Waals surface area (Å²) in [5.74, 6) is -0.463. The average molecular weight is 483 g/mol. The Morgan fingerprint density at radius 1 is 1.06 bits per heavy atom. The zero-order chi connectivity index (χ0) is 23.6. The molecule has 0 fully saturated rings. The minimum absolute atomic E-state index is 0.0528. The maximum absolute atomic E-state index is 13.0. The third-order valence-corrected chi connectivity index (χ3v) is 7.42. The van der Waals surface area contributed by atoms with Crippen molar-refractivity contribution in [3.05, 3.63) is 93.1 Å². The number of aromatic nitrogens is 1. The van der Waals surface area contributed by atoms with Crippen molar-refractivity contribution in [2.75, 3.05) is 11.3 Å². The SMILES string of the molecule is CCOC(=O)c1ccc(NS(=O)(=O)c2ccc3c(c2)sc(=O)n3Cc2ccccc2)c(C)c1. The molecule has 0 atom stereocenters. The molecule has 0 aliphatic rings. The van der Waals surface area contributed by atoms with Gasteiger partial charge in [0.1, 0.15) is 0 Å². The van der Waals surface area contributed by atoms with Crippen LogP contribution >= 0.6 is 11.3 Å². The second kappa shape index (κ2) is 9.21. The summed E-state index contributed by atoms with van der Waals surface area (Å²) >= 11 is 1.01. The minimum Gasteiger partial charge on any atom is -0.462 e. The van der Waals surface area contributed by atoms with E-state index >= 15 is 0 Å². The number of fused-ring (bicyclic) bond motifs is 1. The number of nitrogens with zero attached hydrogens (tertiary/aromatic N) is 1. The van der Waals surface area contributed by atoms with E-state index in [1.165, 1.54) is 24.3 Å². The van der Waals surface area contributed by atoms with Gasteiger partial charge in [-0.25, -0.2) is 13.2 Å². The first-order valence-electron chi connectivity index (χ1n) is 10.3. The van der Waals surface area contributed by atoms with Crippen LogP contribution in [0.3, 0.4) is 0 Å². The Bertz CT molecular complexity index is 1490. The monoisotopic (exact) mass is 482 g/mol. The molecule has 0 aliphatic carbocycles. The first kappa shape index (κ1) is 22.8. The van der Waals surface area contributed by atoms with Gasteiger partial charge in [0, 0.05) is 0 Å². The summed E-state index contributed by atoms with van der Waals surface area (Å²) < 4.78 is 35.8. The van der Waals surface area contributed by atoms with Crippen LogP contribution in [0.25, 0.3) is 10.2 Å². The lowest BCUT2D eigenvalue weighted by Crippen LogP contribution is -2.15. The lowest BCUT2D eigenvalue weighted by molar-refractivity contribution is 0.0526. The smallest absolute Gasteiger partial charge is 0.338 e. The summed E-state index contributed by atoms with van der Waals surface area (Å²) in [6, 6.07) is 18.9. The number of esters is 1. The Morgan fingerprint density at radius 2 is 1.82 bits per heavy atom. The normalized spacial score (nSPS) is 11.5. The van der Waals surface area contributed by atoms with Crippen LogP contribution in [0.4, 0.5) is 5.69 Å². The molecule has 4 rings (SSSR count). The number of hydrogen-bond acceptors (Lipinski definition) is 6. The predicted molar refractivity (Wildman–Crippen MR) is 130 cm³/mol. The molecule has 0 amide bonds. The second-order valence-corrected chi connectivity index (χ2v) is 10.1. The van der Waals surface area contributed by atoms with Crippen LogP contribution in [-0.4, -0.2) is 25.6 Å². The molecule has 0 saturated carbocycles. The van der Waals surface area contributed by atoms with Crippen molar-refractivity contribution in [1.82, 2.24) is 4.57 Å². The molecule has 1 heterocycles. The van der Waals surface area contributed by atoms with E-state index in [1.807, 2.05) is 30.3 Å². The summed E-state index contributed by atoms with van der Waals surface area (Å²) in [7, 11) is -3.90. The molecule has 4 aromatic rings. The van der Waals surface area contributed by atoms with Crippen LogP contribution in [0.5, 0.6) is 0 Å². The summed E-state index contributed by atoms with van der Waals surface area (Å²) in [6.45, 7) is 4.10. The van der Waals surface area contributed by atoms with Gasteiger partial charge in [-0.3, -0.25) is 14.1 Å². The van der Waals surface area contributed by atoms with E-state index in [1.54, 1.807) is 30.5 Å². The maximum Gasteiger partial charge on any atom is 0.338 e. The Morgan fingerprint density at radius 3 is 2.52 bits per heavy atom. The van der Waals surface area contributed by atoms with E-state index in [9.17, 15) is 18.0 Å². The molecule has 1 aromatic heterocycles. The Kier molecular flexibility index (Phi) is 6.35. The Hall–Kier alpha value is -3.43. The molecule has 0 saturated heterocycles. The lowest BCUT2D eigenvalue weighted by Gasteiger charge is -2.12. The summed E-state index contributed by atoms with van der Waals surface area (Å²) in [5.41, 5.74) is 2.97. The number of ether oxygens (including phenoxy) is 1. The summed E-state index contributed by atoms with van der Waals surface area (Å²) in [5, 5.41) is 0. The third-order valence-electron chi connectivity index (χ3n) is 5.12. The van der Waals surface area contributed by atoms with Gasteiger partial charge in [-0.05, 0) is 61.4 Å². The highest BCUT2D eigenvalue weighted by molar-refractivity contribution is 7.92. The van der Waals surface area contributed by atoms with Gasteiger partial charge in [0.05, 0.1) is 39.5 Å². The fourth-order valence-corrected chi connectivity index (χ4v) is 5.61. The van der Waals surface area contributed by atoms with Gasteiger partial charge in [0.15, 0.2) is 0 Å². The number of rotatable bonds is 7. The number of hydrogen-bond donors (Lipinski definition) is 1. The van der Waals surface area contributed by atoms with Gasteiger partial charge in [-0.1, -0.05) is 41.7 Å². The maximum atomic E-state index is 13.0. The summed E-state index contributed by atoms with van der Waals surface area (Å²) in [4.78, 5) is 24.4. The van der Waals surface area contributed by atoms with Crippen LogP contribution in [0, 0.1) is 6.92 Å². The zero-order valence-corrected chi connectivity index (χ0v) is 19.7. The van der Waals surface area contributed by atoms with Gasteiger partial charge in [0.2, 0.25) is 0 Å². The molecule has 0 unspecified atom stereocenters. The number of carbonyl (C=O) groups is 1. The number of nitrogens with one attached hydrogen (secondary N) is 1. The minimum atomic E-state index is -3.90. The highest BCUT2D eigenvalue weighted by Gasteiger charge is 2.19. The van der Waals surface area contributed by atoms with Crippen molar-refractivity contribution in [3.8, 4) is 0 Å². The molecule has 9 heteroatoms. The Balaban J connectivity index is 1.62. The number of carbonyl (C=O) groups excluding carboxylic acids is 1. The molecule has 33 heavy (non-hydrogen) atoms. The van der Waals surface area contributed by atoms with E-state index in [2.05, 4.69) is 4.72 Å². The summed E-state index contributed by atoms with van der Waals surface area (Å²) in [6.07, 6.45) is 0. The molecule has 0 bridgehead atoms. The highest BCUT2D eigenvalue weighted by Crippen LogP contribution is 2.26. The molecule has 0 aliphatic heterocycles. The van der Waals surface area contributed by atoms with Crippen LogP contribution in [0.2, 0.25) is 0 Å². The van der Waals surface area contributed by atoms with Crippen LogP contribution in [-0.2, 0) is 21.3 Å². The number of aryl methyl sites for hydroxylation is 1. The van der Waals surface area contributed by atoms with Crippen LogP contribution < -0.4 is 9.60 Å². The van der Waals surface area contributed by atoms with Gasteiger partial charge in [-0.15, -0.1) is 0 Å². The molecule has 0 radical (unpaired) electrons. The van der Waals surface area contributed by atoms with E-state index in [0.717, 1.165) is 16.9 Å². The van der Waals surface area contributed by atoms with Crippen molar-refractivity contribution in [2.24, 2.45) is 0 Å². The largest absolute Gasteiger partial charge is 0.462 e. The van der Waals surface area contributed by atoms with Crippen molar-refractivity contribution in [2.45, 2.75) is 25.3 Å². The van der Waals surface area contributed by atoms with Crippen molar-refractivity contribution in [3.63, 3.8) is 0 Å². The van der Waals surface area contributed by atoms with Crippen LogP contribution in [0.15, 0.2) is 76.4 Å². The highest BCUT2D eigenvalue weighted by atomic mass is 32.2. The lowest BCUT2D eigenvalue weighted by atomic mass is 10.1. The molecular weight excluding hydrogens is 460 g/mol. The van der Waals surface area contributed by atoms with Gasteiger partial charge < -0.3 is 4.74 Å². The second-order valence-electron chi connectivity index (χ2n) is 7.42. The number of benzene rings is 3. The molecule has 0 spiro atoms. The van der Waals surface area contributed by atoms with E-state index in [4.69, 9.17) is 4.74 Å². The van der Waals surface area contributed by atoms with Crippen molar-refractivity contribution in [1.29, 1.82) is 0 Å². The fraction of sp³-hybridized carbons (Fsp3) is 0.167. The number of anilines is 1. The number of sulfonamides is 1. The average Bonchev–Trinajstić information content (AvgIpc) is 3.10. The van der Waals surface area contributed by atoms with Crippen molar-refractivity contribution >= 4 is 43.2 Å². The zero-order valence-electron chi connectivity index (χ0n) is 18.1. The standard InChI is InChI=1S/C24H22N2O5S2/c1-3-31-23(27)18-9-11-20(16(2)13-18)25-33(29,30)19-10-12-21-22(14-19)32-24(28)26(21)15-17-7-5-4-6-8-17/h4-14,25H,3,15H2,1-2H3. The predicted octanol–water partition coefficient (Wildman–Crippen LogP) is 4.40. The molecular formula is C24H22N2O5S2. The first-order valence-corrected chi connectivity index (χ1v) is 12.6. The van der Waals surface area contributed by atoms with E-state index in [0.29, 0.717) is 33.6 Å². The molecule has 1 N–H and O–H groups in total. The van der Waals surface area contributed by atoms with Gasteiger partial charge in [-0.2, -0.15) is 0 Å². The number of thiazole rings is 1. The molecule has 7 nitrogen and oxygen atoms in total. The third kappa shape index (κ3) is 4.84. The first-order chi connectivity index (χ1) is 15.8. The van der Waals surface area contributed by atoms with E-state index in [-0.39, 0.29) is 16.4 Å². The molecule has 170 valence electrons.